The van der Waals surface area contributed by atoms with Gasteiger partial charge in [0, 0.05) is 25.6 Å². The number of hydrogen-bond donors (Lipinski definition) is 0. The molecule has 0 radical (unpaired) electrons. The van der Waals surface area contributed by atoms with E-state index >= 15 is 0 Å². The van der Waals surface area contributed by atoms with E-state index in [1.165, 1.54) is 7.11 Å². The molecule has 1 aliphatic carbocycles. The summed E-state index contributed by atoms with van der Waals surface area (Å²) in [6, 6.07) is 0. The summed E-state index contributed by atoms with van der Waals surface area (Å²) in [5.41, 5.74) is 0. The number of aromatic nitrogens is 2. The highest BCUT2D eigenvalue weighted by molar-refractivity contribution is 5.72. The average molecular weight is 294 g/mol. The molecule has 0 aromatic carbocycles. The van der Waals surface area contributed by atoms with Gasteiger partial charge in [0.15, 0.2) is 5.82 Å². The van der Waals surface area contributed by atoms with Crippen molar-refractivity contribution >= 4 is 5.97 Å². The Bertz CT molecular complexity index is 474. The van der Waals surface area contributed by atoms with Gasteiger partial charge in [-0.05, 0) is 38.0 Å². The summed E-state index contributed by atoms with van der Waals surface area (Å²) in [7, 11) is 1.45. The molecule has 0 unspecified atom stereocenters. The highest BCUT2D eigenvalue weighted by Crippen LogP contribution is 2.35. The molecule has 6 nitrogen and oxygen atoms in total. The predicted octanol–water partition coefficient (Wildman–Crippen LogP) is 2.10. The third-order valence-corrected chi connectivity index (χ3v) is 4.59. The molecule has 0 spiro atoms. The summed E-state index contributed by atoms with van der Waals surface area (Å²) in [6.45, 7) is 1.64. The summed E-state index contributed by atoms with van der Waals surface area (Å²) in [5, 5.41) is 4.09. The van der Waals surface area contributed by atoms with E-state index in [9.17, 15) is 4.79 Å². The molecule has 1 atom stereocenters. The van der Waals surface area contributed by atoms with Crippen molar-refractivity contribution in [2.75, 3.05) is 20.3 Å². The molecule has 116 valence electrons. The van der Waals surface area contributed by atoms with Crippen molar-refractivity contribution in [2.24, 2.45) is 11.8 Å². The van der Waals surface area contributed by atoms with Crippen LogP contribution in [0, 0.1) is 11.8 Å². The lowest BCUT2D eigenvalue weighted by Gasteiger charge is -2.24. The molecular weight excluding hydrogens is 272 g/mol. The van der Waals surface area contributed by atoms with Crippen LogP contribution >= 0.6 is 0 Å². The van der Waals surface area contributed by atoms with E-state index in [1.807, 2.05) is 0 Å². The molecule has 1 aliphatic heterocycles. The molecule has 0 amide bonds. The minimum Gasteiger partial charge on any atom is -0.469 e. The van der Waals surface area contributed by atoms with Crippen LogP contribution in [-0.2, 0) is 20.7 Å². The summed E-state index contributed by atoms with van der Waals surface area (Å²) < 4.78 is 15.6. The van der Waals surface area contributed by atoms with E-state index in [-0.39, 0.29) is 17.8 Å². The van der Waals surface area contributed by atoms with Gasteiger partial charge in [-0.25, -0.2) is 0 Å². The number of nitrogens with zero attached hydrogens (tertiary/aromatic N) is 2. The van der Waals surface area contributed by atoms with Gasteiger partial charge in [0.25, 0.3) is 0 Å². The molecule has 0 bridgehead atoms. The SMILES string of the molecule is COC(=O)C1CCC(c2nc(C[C@@H]3CCOC3)no2)CC1. The largest absolute Gasteiger partial charge is 0.469 e. The Balaban J connectivity index is 1.53. The Morgan fingerprint density at radius 2 is 2.10 bits per heavy atom. The molecule has 21 heavy (non-hydrogen) atoms. The van der Waals surface area contributed by atoms with Crippen molar-refractivity contribution in [3.63, 3.8) is 0 Å². The fourth-order valence-corrected chi connectivity index (χ4v) is 3.26. The number of rotatable bonds is 4. The van der Waals surface area contributed by atoms with E-state index in [0.717, 1.165) is 63.5 Å². The zero-order chi connectivity index (χ0) is 14.7. The molecule has 1 aromatic heterocycles. The van der Waals surface area contributed by atoms with Crippen molar-refractivity contribution in [1.82, 2.24) is 10.1 Å². The van der Waals surface area contributed by atoms with Gasteiger partial charge in [-0.2, -0.15) is 4.98 Å². The molecule has 1 aromatic rings. The van der Waals surface area contributed by atoms with Gasteiger partial charge in [-0.15, -0.1) is 0 Å². The summed E-state index contributed by atoms with van der Waals surface area (Å²) in [4.78, 5) is 16.1. The highest BCUT2D eigenvalue weighted by Gasteiger charge is 2.30. The third-order valence-electron chi connectivity index (χ3n) is 4.59. The third kappa shape index (κ3) is 3.43. The quantitative estimate of drug-likeness (QED) is 0.792. The van der Waals surface area contributed by atoms with Gasteiger partial charge >= 0.3 is 5.97 Å². The lowest BCUT2D eigenvalue weighted by molar-refractivity contribution is -0.146. The number of carbonyl (C=O) groups excluding carboxylic acids is 1. The Morgan fingerprint density at radius 1 is 1.29 bits per heavy atom. The minimum absolute atomic E-state index is 0.0317. The van der Waals surface area contributed by atoms with Gasteiger partial charge in [-0.1, -0.05) is 5.16 Å². The standard InChI is InChI=1S/C15H22N2O4/c1-19-15(18)12-4-2-11(3-5-12)14-16-13(17-21-14)8-10-6-7-20-9-10/h10-12H,2-9H2,1H3/t10-,11?,12?/m0/s1. The average Bonchev–Trinajstić information content (AvgIpc) is 3.19. The lowest BCUT2D eigenvalue weighted by atomic mass is 9.82. The fourth-order valence-electron chi connectivity index (χ4n) is 3.26. The van der Waals surface area contributed by atoms with Crippen molar-refractivity contribution in [1.29, 1.82) is 0 Å². The Morgan fingerprint density at radius 3 is 2.76 bits per heavy atom. The summed E-state index contributed by atoms with van der Waals surface area (Å²) in [6.07, 6.45) is 5.41. The molecule has 3 rings (SSSR count). The molecule has 2 heterocycles. The van der Waals surface area contributed by atoms with E-state index in [4.69, 9.17) is 14.0 Å². The van der Waals surface area contributed by atoms with Crippen LogP contribution in [0.4, 0.5) is 0 Å². The Kier molecular flexibility index (Phi) is 4.53. The van der Waals surface area contributed by atoms with Crippen LogP contribution < -0.4 is 0 Å². The molecular formula is C15H22N2O4. The fraction of sp³-hybridized carbons (Fsp3) is 0.800. The van der Waals surface area contributed by atoms with E-state index < -0.39 is 0 Å². The minimum atomic E-state index is -0.0964. The predicted molar refractivity (Wildman–Crippen MR) is 73.6 cm³/mol. The van der Waals surface area contributed by atoms with Crippen molar-refractivity contribution in [3.05, 3.63) is 11.7 Å². The van der Waals surface area contributed by atoms with Gasteiger partial charge in [0.2, 0.25) is 5.89 Å². The van der Waals surface area contributed by atoms with Crippen LogP contribution in [0.15, 0.2) is 4.52 Å². The maximum atomic E-state index is 11.5. The Labute approximate surface area is 124 Å². The van der Waals surface area contributed by atoms with Crippen molar-refractivity contribution in [3.8, 4) is 0 Å². The van der Waals surface area contributed by atoms with E-state index in [2.05, 4.69) is 10.1 Å². The number of esters is 1. The van der Waals surface area contributed by atoms with Crippen LogP contribution in [0.1, 0.15) is 49.7 Å². The molecule has 6 heteroatoms. The van der Waals surface area contributed by atoms with Crippen LogP contribution in [0.25, 0.3) is 0 Å². The molecule has 2 fully saturated rings. The summed E-state index contributed by atoms with van der Waals surface area (Å²) in [5.74, 6) is 2.26. The number of hydrogen-bond acceptors (Lipinski definition) is 6. The first-order valence-corrected chi connectivity index (χ1v) is 7.74. The topological polar surface area (TPSA) is 74.5 Å². The van der Waals surface area contributed by atoms with Crippen LogP contribution in [0.5, 0.6) is 0 Å². The second kappa shape index (κ2) is 6.56. The van der Waals surface area contributed by atoms with Crippen LogP contribution in [0.2, 0.25) is 0 Å². The van der Waals surface area contributed by atoms with Gasteiger partial charge in [-0.3, -0.25) is 4.79 Å². The highest BCUT2D eigenvalue weighted by atomic mass is 16.5. The number of methoxy groups -OCH3 is 1. The molecule has 2 aliphatic rings. The Hall–Kier alpha value is -1.43. The second-order valence-electron chi connectivity index (χ2n) is 6.05. The van der Waals surface area contributed by atoms with Crippen LogP contribution in [-0.4, -0.2) is 36.4 Å². The monoisotopic (exact) mass is 294 g/mol. The van der Waals surface area contributed by atoms with Crippen molar-refractivity contribution < 1.29 is 18.8 Å². The van der Waals surface area contributed by atoms with Crippen LogP contribution in [0.3, 0.4) is 0 Å². The first-order valence-electron chi connectivity index (χ1n) is 7.74. The van der Waals surface area contributed by atoms with Gasteiger partial charge < -0.3 is 14.0 Å². The molecule has 0 N–H and O–H groups in total. The second-order valence-corrected chi connectivity index (χ2v) is 6.05. The number of carbonyl (C=O) groups is 1. The van der Waals surface area contributed by atoms with Crippen molar-refractivity contribution in [2.45, 2.75) is 44.4 Å². The molecule has 1 saturated carbocycles. The smallest absolute Gasteiger partial charge is 0.308 e. The molecule has 1 saturated heterocycles. The first kappa shape index (κ1) is 14.5. The maximum absolute atomic E-state index is 11.5. The maximum Gasteiger partial charge on any atom is 0.308 e. The number of ether oxygens (including phenoxy) is 2. The zero-order valence-electron chi connectivity index (χ0n) is 12.4. The first-order chi connectivity index (χ1) is 10.3. The van der Waals surface area contributed by atoms with E-state index in [1.54, 1.807) is 0 Å². The summed E-state index contributed by atoms with van der Waals surface area (Å²) >= 11 is 0. The van der Waals surface area contributed by atoms with Gasteiger partial charge in [0.1, 0.15) is 0 Å². The normalized spacial score (nSPS) is 29.5. The lowest BCUT2D eigenvalue weighted by Crippen LogP contribution is -2.22. The van der Waals surface area contributed by atoms with Gasteiger partial charge in [0.05, 0.1) is 13.0 Å². The zero-order valence-corrected chi connectivity index (χ0v) is 12.4. The van der Waals surface area contributed by atoms with E-state index in [0.29, 0.717) is 5.92 Å².